The molecule has 1 amide bonds. The van der Waals surface area contributed by atoms with Crippen molar-refractivity contribution in [2.45, 2.75) is 19.4 Å². The van der Waals surface area contributed by atoms with E-state index in [0.717, 1.165) is 0 Å². The van der Waals surface area contributed by atoms with Gasteiger partial charge in [0, 0.05) is 5.02 Å². The third-order valence-electron chi connectivity index (χ3n) is 3.48. The van der Waals surface area contributed by atoms with Crippen LogP contribution in [0.25, 0.3) is 0 Å². The molecule has 1 aromatic rings. The lowest BCUT2D eigenvalue weighted by Gasteiger charge is -2.49. The number of carbonyl (C=O) groups is 1. The summed E-state index contributed by atoms with van der Waals surface area (Å²) >= 11 is 5.80. The summed E-state index contributed by atoms with van der Waals surface area (Å²) in [4.78, 5) is 13.6. The molecule has 0 radical (unpaired) electrons. The van der Waals surface area contributed by atoms with Crippen LogP contribution in [-0.4, -0.2) is 39.7 Å². The molecule has 4 nitrogen and oxygen atoms in total. The SMILES string of the molecule is CC(C)C1(O)CN(C(=O)c2cc(Cl)ccc2O)C1. The van der Waals surface area contributed by atoms with E-state index in [1.165, 1.54) is 23.1 Å². The zero-order valence-electron chi connectivity index (χ0n) is 10.4. The van der Waals surface area contributed by atoms with Gasteiger partial charge in [0.2, 0.25) is 0 Å². The lowest BCUT2D eigenvalue weighted by atomic mass is 9.82. The molecule has 0 saturated carbocycles. The molecule has 2 rings (SSSR count). The second-order valence-electron chi connectivity index (χ2n) is 5.08. The van der Waals surface area contributed by atoms with Gasteiger partial charge in [-0.2, -0.15) is 0 Å². The monoisotopic (exact) mass is 269 g/mol. The fraction of sp³-hybridized carbons (Fsp3) is 0.462. The average Bonchev–Trinajstić information content (AvgIpc) is 2.27. The van der Waals surface area contributed by atoms with E-state index in [9.17, 15) is 15.0 Å². The Bertz CT molecular complexity index is 481. The van der Waals surface area contributed by atoms with Gasteiger partial charge in [0.1, 0.15) is 11.4 Å². The molecular formula is C13H16ClNO3. The van der Waals surface area contributed by atoms with Crippen LogP contribution in [0.2, 0.25) is 5.02 Å². The molecule has 5 heteroatoms. The minimum absolute atomic E-state index is 0.0921. The molecule has 98 valence electrons. The Balaban J connectivity index is 2.13. The maximum atomic E-state index is 12.1. The van der Waals surface area contributed by atoms with Crippen LogP contribution < -0.4 is 0 Å². The van der Waals surface area contributed by atoms with Crippen LogP contribution in [0.15, 0.2) is 18.2 Å². The van der Waals surface area contributed by atoms with Crippen molar-refractivity contribution in [2.24, 2.45) is 5.92 Å². The van der Waals surface area contributed by atoms with Crippen molar-refractivity contribution in [1.29, 1.82) is 0 Å². The first kappa shape index (κ1) is 13.2. The van der Waals surface area contributed by atoms with Gasteiger partial charge in [-0.15, -0.1) is 0 Å². The molecule has 0 spiro atoms. The molecule has 1 aliphatic rings. The predicted molar refractivity (Wildman–Crippen MR) is 68.8 cm³/mol. The van der Waals surface area contributed by atoms with E-state index in [-0.39, 0.29) is 36.2 Å². The van der Waals surface area contributed by atoms with Crippen molar-refractivity contribution in [3.05, 3.63) is 28.8 Å². The second kappa shape index (κ2) is 4.44. The van der Waals surface area contributed by atoms with Crippen LogP contribution in [0.5, 0.6) is 5.75 Å². The van der Waals surface area contributed by atoms with E-state index < -0.39 is 5.60 Å². The Hall–Kier alpha value is -1.26. The number of benzene rings is 1. The number of rotatable bonds is 2. The number of nitrogens with zero attached hydrogens (tertiary/aromatic N) is 1. The first-order valence-electron chi connectivity index (χ1n) is 5.83. The minimum Gasteiger partial charge on any atom is -0.507 e. The molecule has 0 atom stereocenters. The molecule has 1 fully saturated rings. The number of β-amino-alcohol motifs (C(OH)–C–C–N with tert-alkyl or cyclic N) is 1. The molecule has 0 aliphatic carbocycles. The maximum Gasteiger partial charge on any atom is 0.257 e. The predicted octanol–water partition coefficient (Wildman–Crippen LogP) is 1.89. The van der Waals surface area contributed by atoms with E-state index in [1.807, 2.05) is 13.8 Å². The van der Waals surface area contributed by atoms with E-state index in [2.05, 4.69) is 0 Å². The number of halogens is 1. The van der Waals surface area contributed by atoms with Crippen LogP contribution in [0.1, 0.15) is 24.2 Å². The van der Waals surface area contributed by atoms with Gasteiger partial charge in [-0.25, -0.2) is 0 Å². The molecule has 1 aliphatic heterocycles. The Morgan fingerprint density at radius 2 is 2.06 bits per heavy atom. The highest BCUT2D eigenvalue weighted by molar-refractivity contribution is 6.31. The standard InChI is InChI=1S/C13H16ClNO3/c1-8(2)13(18)6-15(7-13)12(17)10-5-9(14)3-4-11(10)16/h3-5,8,16,18H,6-7H2,1-2H3. The van der Waals surface area contributed by atoms with Crippen LogP contribution >= 0.6 is 11.6 Å². The number of carbonyl (C=O) groups excluding carboxylic acids is 1. The van der Waals surface area contributed by atoms with Crippen molar-refractivity contribution in [2.75, 3.05) is 13.1 Å². The molecule has 1 saturated heterocycles. The van der Waals surface area contributed by atoms with Crippen molar-refractivity contribution in [1.82, 2.24) is 4.90 Å². The fourth-order valence-corrected chi connectivity index (χ4v) is 2.15. The zero-order valence-corrected chi connectivity index (χ0v) is 11.1. The molecule has 0 bridgehead atoms. The molecule has 18 heavy (non-hydrogen) atoms. The van der Waals surface area contributed by atoms with Crippen LogP contribution in [0.4, 0.5) is 0 Å². The highest BCUT2D eigenvalue weighted by Crippen LogP contribution is 2.31. The quantitative estimate of drug-likeness (QED) is 0.862. The highest BCUT2D eigenvalue weighted by Gasteiger charge is 2.46. The average molecular weight is 270 g/mol. The number of amides is 1. The fourth-order valence-electron chi connectivity index (χ4n) is 1.97. The van der Waals surface area contributed by atoms with Gasteiger partial charge in [0.25, 0.3) is 5.91 Å². The van der Waals surface area contributed by atoms with Crippen molar-refractivity contribution >= 4 is 17.5 Å². The number of hydrogen-bond acceptors (Lipinski definition) is 3. The number of likely N-dealkylation sites (tertiary alicyclic amines) is 1. The van der Waals surface area contributed by atoms with Crippen molar-refractivity contribution in [3.63, 3.8) is 0 Å². The first-order valence-corrected chi connectivity index (χ1v) is 6.21. The van der Waals surface area contributed by atoms with Crippen LogP contribution in [0, 0.1) is 5.92 Å². The number of aliphatic hydroxyl groups is 1. The summed E-state index contributed by atoms with van der Waals surface area (Å²) < 4.78 is 0. The molecule has 1 aromatic carbocycles. The normalized spacial score (nSPS) is 17.7. The third-order valence-corrected chi connectivity index (χ3v) is 3.72. The third kappa shape index (κ3) is 2.18. The smallest absolute Gasteiger partial charge is 0.257 e. The van der Waals surface area contributed by atoms with Crippen molar-refractivity contribution in [3.8, 4) is 5.75 Å². The molecule has 1 heterocycles. The second-order valence-corrected chi connectivity index (χ2v) is 5.52. The minimum atomic E-state index is -0.816. The molecular weight excluding hydrogens is 254 g/mol. The summed E-state index contributed by atoms with van der Waals surface area (Å²) in [5.41, 5.74) is -0.641. The highest BCUT2D eigenvalue weighted by atomic mass is 35.5. The number of aromatic hydroxyl groups is 1. The largest absolute Gasteiger partial charge is 0.507 e. The lowest BCUT2D eigenvalue weighted by Crippen LogP contribution is -2.65. The maximum absolute atomic E-state index is 12.1. The van der Waals surface area contributed by atoms with Crippen LogP contribution in [-0.2, 0) is 0 Å². The summed E-state index contributed by atoms with van der Waals surface area (Å²) in [5.74, 6) is -0.306. The lowest BCUT2D eigenvalue weighted by molar-refractivity contribution is -0.110. The van der Waals surface area contributed by atoms with E-state index in [4.69, 9.17) is 11.6 Å². The number of phenolic OH excluding ortho intramolecular Hbond substituents is 1. The first-order chi connectivity index (χ1) is 8.33. The van der Waals surface area contributed by atoms with Gasteiger partial charge < -0.3 is 15.1 Å². The van der Waals surface area contributed by atoms with Gasteiger partial charge in [-0.05, 0) is 24.1 Å². The zero-order chi connectivity index (χ0) is 13.5. The molecule has 0 aromatic heterocycles. The number of hydrogen-bond donors (Lipinski definition) is 2. The Labute approximate surface area is 111 Å². The Kier molecular flexibility index (Phi) is 3.25. The van der Waals surface area contributed by atoms with Crippen LogP contribution in [0.3, 0.4) is 0 Å². The van der Waals surface area contributed by atoms with Gasteiger partial charge >= 0.3 is 0 Å². The van der Waals surface area contributed by atoms with Crippen molar-refractivity contribution < 1.29 is 15.0 Å². The van der Waals surface area contributed by atoms with E-state index in [0.29, 0.717) is 5.02 Å². The Morgan fingerprint density at radius 3 is 2.61 bits per heavy atom. The summed E-state index contributed by atoms with van der Waals surface area (Å²) in [6.45, 7) is 4.41. The Morgan fingerprint density at radius 1 is 1.44 bits per heavy atom. The van der Waals surface area contributed by atoms with E-state index >= 15 is 0 Å². The van der Waals surface area contributed by atoms with E-state index in [1.54, 1.807) is 0 Å². The summed E-state index contributed by atoms with van der Waals surface area (Å²) in [6, 6.07) is 4.35. The summed E-state index contributed by atoms with van der Waals surface area (Å²) in [5, 5.41) is 20.1. The topological polar surface area (TPSA) is 60.8 Å². The number of phenols is 1. The summed E-state index contributed by atoms with van der Waals surface area (Å²) in [7, 11) is 0. The van der Waals surface area contributed by atoms with Gasteiger partial charge in [-0.3, -0.25) is 4.79 Å². The molecule has 0 unspecified atom stereocenters. The summed E-state index contributed by atoms with van der Waals surface area (Å²) in [6.07, 6.45) is 0. The van der Waals surface area contributed by atoms with Gasteiger partial charge in [-0.1, -0.05) is 25.4 Å². The van der Waals surface area contributed by atoms with Gasteiger partial charge in [0.15, 0.2) is 0 Å². The molecule has 2 N–H and O–H groups in total. The van der Waals surface area contributed by atoms with Gasteiger partial charge in [0.05, 0.1) is 18.7 Å².